The molecule has 0 aliphatic heterocycles. The second kappa shape index (κ2) is 6.34. The molecule has 0 spiro atoms. The summed E-state index contributed by atoms with van der Waals surface area (Å²) in [6.07, 6.45) is 0. The lowest BCUT2D eigenvalue weighted by atomic mass is 9.84. The van der Waals surface area contributed by atoms with Gasteiger partial charge >= 0.3 is 0 Å². The van der Waals surface area contributed by atoms with Gasteiger partial charge in [-0.2, -0.15) is 5.10 Å². The van der Waals surface area contributed by atoms with E-state index in [0.29, 0.717) is 18.8 Å². The first-order chi connectivity index (χ1) is 10.3. The van der Waals surface area contributed by atoms with E-state index in [4.69, 9.17) is 0 Å². The molecule has 0 saturated heterocycles. The van der Waals surface area contributed by atoms with Crippen molar-refractivity contribution in [3.63, 3.8) is 0 Å². The molecule has 2 rings (SSSR count). The van der Waals surface area contributed by atoms with E-state index in [9.17, 15) is 4.79 Å². The van der Waals surface area contributed by atoms with Gasteiger partial charge in [-0.1, -0.05) is 43.7 Å². The SMILES string of the molecule is CCn1nc(C)cc1C(=O)NCC(C)(C)c1ccc(C)cc1. The number of aromatic nitrogens is 2. The molecule has 0 saturated carbocycles. The Bertz CT molecular complexity index is 653. The highest BCUT2D eigenvalue weighted by molar-refractivity contribution is 5.92. The van der Waals surface area contributed by atoms with E-state index in [2.05, 4.69) is 55.5 Å². The van der Waals surface area contributed by atoms with E-state index in [-0.39, 0.29) is 11.3 Å². The fourth-order valence-corrected chi connectivity index (χ4v) is 2.47. The molecule has 1 aromatic heterocycles. The lowest BCUT2D eigenvalue weighted by molar-refractivity contribution is 0.0935. The Morgan fingerprint density at radius 2 is 1.86 bits per heavy atom. The van der Waals surface area contributed by atoms with Gasteiger partial charge in [0.15, 0.2) is 0 Å². The van der Waals surface area contributed by atoms with Crippen molar-refractivity contribution in [1.82, 2.24) is 15.1 Å². The number of amides is 1. The van der Waals surface area contributed by atoms with Gasteiger partial charge in [0.25, 0.3) is 5.91 Å². The van der Waals surface area contributed by atoms with Crippen molar-refractivity contribution < 1.29 is 4.79 Å². The zero-order valence-electron chi connectivity index (χ0n) is 14.1. The molecule has 0 unspecified atom stereocenters. The van der Waals surface area contributed by atoms with E-state index < -0.39 is 0 Å². The molecule has 1 aromatic carbocycles. The number of nitrogens with zero attached hydrogens (tertiary/aromatic N) is 2. The lowest BCUT2D eigenvalue weighted by Crippen LogP contribution is -2.37. The highest BCUT2D eigenvalue weighted by atomic mass is 16.2. The summed E-state index contributed by atoms with van der Waals surface area (Å²) in [5, 5.41) is 7.36. The number of hydrogen-bond acceptors (Lipinski definition) is 2. The lowest BCUT2D eigenvalue weighted by Gasteiger charge is -2.26. The first-order valence-electron chi connectivity index (χ1n) is 7.73. The van der Waals surface area contributed by atoms with Gasteiger partial charge in [0.1, 0.15) is 5.69 Å². The summed E-state index contributed by atoms with van der Waals surface area (Å²) in [7, 11) is 0. The van der Waals surface area contributed by atoms with E-state index in [1.165, 1.54) is 11.1 Å². The third-order valence-corrected chi connectivity index (χ3v) is 3.96. The van der Waals surface area contributed by atoms with Gasteiger partial charge in [0.2, 0.25) is 0 Å². The molecule has 4 heteroatoms. The van der Waals surface area contributed by atoms with E-state index in [1.54, 1.807) is 4.68 Å². The molecule has 22 heavy (non-hydrogen) atoms. The van der Waals surface area contributed by atoms with Crippen LogP contribution in [0.4, 0.5) is 0 Å². The van der Waals surface area contributed by atoms with Crippen LogP contribution >= 0.6 is 0 Å². The number of rotatable bonds is 5. The van der Waals surface area contributed by atoms with Gasteiger partial charge in [0, 0.05) is 18.5 Å². The molecule has 0 aliphatic carbocycles. The molecule has 0 aliphatic rings. The number of benzene rings is 1. The molecule has 1 N–H and O–H groups in total. The minimum absolute atomic E-state index is 0.0670. The van der Waals surface area contributed by atoms with Crippen LogP contribution < -0.4 is 5.32 Å². The average Bonchev–Trinajstić information content (AvgIpc) is 2.86. The molecule has 4 nitrogen and oxygen atoms in total. The van der Waals surface area contributed by atoms with E-state index in [0.717, 1.165) is 5.69 Å². The van der Waals surface area contributed by atoms with Crippen LogP contribution in [0.1, 0.15) is 48.1 Å². The summed E-state index contributed by atoms with van der Waals surface area (Å²) in [5.41, 5.74) is 3.84. The second-order valence-electron chi connectivity index (χ2n) is 6.42. The van der Waals surface area contributed by atoms with Crippen molar-refractivity contribution in [2.24, 2.45) is 0 Å². The summed E-state index contributed by atoms with van der Waals surface area (Å²) < 4.78 is 1.74. The summed E-state index contributed by atoms with van der Waals surface area (Å²) in [4.78, 5) is 12.4. The maximum Gasteiger partial charge on any atom is 0.269 e. The van der Waals surface area contributed by atoms with Crippen molar-refractivity contribution in [2.45, 2.75) is 46.6 Å². The Morgan fingerprint density at radius 1 is 1.23 bits per heavy atom. The van der Waals surface area contributed by atoms with Crippen LogP contribution in [0.2, 0.25) is 0 Å². The van der Waals surface area contributed by atoms with Crippen LogP contribution in [0.25, 0.3) is 0 Å². The van der Waals surface area contributed by atoms with Crippen LogP contribution in [0.5, 0.6) is 0 Å². The summed E-state index contributed by atoms with van der Waals surface area (Å²) in [5.74, 6) is -0.0670. The van der Waals surface area contributed by atoms with Gasteiger partial charge in [-0.3, -0.25) is 9.48 Å². The number of nitrogens with one attached hydrogen (secondary N) is 1. The predicted molar refractivity (Wildman–Crippen MR) is 89.2 cm³/mol. The third kappa shape index (κ3) is 3.56. The van der Waals surface area contributed by atoms with E-state index in [1.807, 2.05) is 19.9 Å². The standard InChI is InChI=1S/C18H25N3O/c1-6-21-16(11-14(3)20-21)17(22)19-12-18(4,5)15-9-7-13(2)8-10-15/h7-11H,6,12H2,1-5H3,(H,19,22). The fourth-order valence-electron chi connectivity index (χ4n) is 2.47. The third-order valence-electron chi connectivity index (χ3n) is 3.96. The minimum atomic E-state index is -0.116. The average molecular weight is 299 g/mol. The molecule has 0 bridgehead atoms. The molecule has 1 heterocycles. The molecular weight excluding hydrogens is 274 g/mol. The first-order valence-corrected chi connectivity index (χ1v) is 7.73. The molecule has 2 aromatic rings. The largest absolute Gasteiger partial charge is 0.350 e. The zero-order chi connectivity index (χ0) is 16.3. The van der Waals surface area contributed by atoms with Crippen molar-refractivity contribution >= 4 is 5.91 Å². The Kier molecular flexibility index (Phi) is 4.69. The van der Waals surface area contributed by atoms with Crippen LogP contribution in [0.3, 0.4) is 0 Å². The van der Waals surface area contributed by atoms with E-state index >= 15 is 0 Å². The summed E-state index contributed by atoms with van der Waals surface area (Å²) in [6, 6.07) is 10.3. The molecule has 0 radical (unpaired) electrons. The van der Waals surface area contributed by atoms with Crippen LogP contribution in [-0.2, 0) is 12.0 Å². The summed E-state index contributed by atoms with van der Waals surface area (Å²) >= 11 is 0. The Balaban J connectivity index is 2.07. The molecule has 0 atom stereocenters. The Labute approximate surface area is 132 Å². The number of carbonyl (C=O) groups excluding carboxylic acids is 1. The number of aryl methyl sites for hydroxylation is 3. The van der Waals surface area contributed by atoms with Gasteiger partial charge in [0.05, 0.1) is 5.69 Å². The summed E-state index contributed by atoms with van der Waals surface area (Å²) in [6.45, 7) is 11.5. The molecule has 0 fully saturated rings. The number of carbonyl (C=O) groups is 1. The Morgan fingerprint density at radius 3 is 2.45 bits per heavy atom. The maximum absolute atomic E-state index is 12.4. The van der Waals surface area contributed by atoms with Gasteiger partial charge in [-0.15, -0.1) is 0 Å². The topological polar surface area (TPSA) is 46.9 Å². The number of hydrogen-bond donors (Lipinski definition) is 1. The second-order valence-corrected chi connectivity index (χ2v) is 6.42. The highest BCUT2D eigenvalue weighted by Gasteiger charge is 2.22. The van der Waals surface area contributed by atoms with Crippen molar-refractivity contribution in [1.29, 1.82) is 0 Å². The Hall–Kier alpha value is -2.10. The van der Waals surface area contributed by atoms with Gasteiger partial charge in [-0.25, -0.2) is 0 Å². The van der Waals surface area contributed by atoms with Crippen LogP contribution in [0, 0.1) is 13.8 Å². The predicted octanol–water partition coefficient (Wildman–Crippen LogP) is 3.23. The normalized spacial score (nSPS) is 11.5. The van der Waals surface area contributed by atoms with Crippen LogP contribution in [-0.4, -0.2) is 22.2 Å². The van der Waals surface area contributed by atoms with Gasteiger partial charge < -0.3 is 5.32 Å². The fraction of sp³-hybridized carbons (Fsp3) is 0.444. The van der Waals surface area contributed by atoms with Crippen LogP contribution in [0.15, 0.2) is 30.3 Å². The van der Waals surface area contributed by atoms with Crippen molar-refractivity contribution in [3.8, 4) is 0 Å². The monoisotopic (exact) mass is 299 g/mol. The minimum Gasteiger partial charge on any atom is -0.350 e. The van der Waals surface area contributed by atoms with Crippen molar-refractivity contribution in [2.75, 3.05) is 6.54 Å². The first kappa shape index (κ1) is 16.3. The molecule has 118 valence electrons. The quantitative estimate of drug-likeness (QED) is 0.921. The smallest absolute Gasteiger partial charge is 0.269 e. The molecular formula is C18H25N3O. The highest BCUT2D eigenvalue weighted by Crippen LogP contribution is 2.22. The van der Waals surface area contributed by atoms with Crippen molar-refractivity contribution in [3.05, 3.63) is 52.8 Å². The molecule has 1 amide bonds. The maximum atomic E-state index is 12.4. The zero-order valence-corrected chi connectivity index (χ0v) is 14.1. The van der Waals surface area contributed by atoms with Gasteiger partial charge in [-0.05, 0) is 32.4 Å².